The number of piperidine rings is 1. The maximum Gasteiger partial charge on any atom is 0.225 e. The van der Waals surface area contributed by atoms with E-state index < -0.39 is 0 Å². The molecule has 2 heterocycles. The first-order valence-corrected chi connectivity index (χ1v) is 9.80. The molecular formula is C21H29N3O. The minimum atomic E-state index is 0.434. The van der Waals surface area contributed by atoms with Gasteiger partial charge < -0.3 is 15.1 Å². The molecule has 1 saturated heterocycles. The molecule has 0 bridgehead atoms. The number of benzene rings is 1. The highest BCUT2D eigenvalue weighted by Gasteiger charge is 2.28. The Bertz CT molecular complexity index is 652. The van der Waals surface area contributed by atoms with Crippen LogP contribution in [-0.2, 0) is 0 Å². The van der Waals surface area contributed by atoms with Gasteiger partial charge in [-0.3, -0.25) is 0 Å². The van der Waals surface area contributed by atoms with Crippen LogP contribution in [0.25, 0.3) is 11.5 Å². The summed E-state index contributed by atoms with van der Waals surface area (Å²) in [6, 6.07) is 9.07. The van der Waals surface area contributed by atoms with Gasteiger partial charge in [-0.2, -0.15) is 0 Å². The van der Waals surface area contributed by atoms with Gasteiger partial charge in [-0.05, 0) is 68.2 Å². The van der Waals surface area contributed by atoms with Crippen LogP contribution < -0.4 is 10.6 Å². The van der Waals surface area contributed by atoms with Crippen molar-refractivity contribution in [3.8, 4) is 11.5 Å². The van der Waals surface area contributed by atoms with Crippen LogP contribution in [0, 0.1) is 11.8 Å². The standard InChI is InChI=1S/C21H29N3O/c22-20-6-2-1-5-18(20)14-16-4-3-12-24(15-16)19-9-7-17(8-10-19)21-23-11-13-25-21/h7-11,13,16,18,20H,1-6,12,14-15,22H2/t16?,18-,20+/m0/s1. The Labute approximate surface area is 150 Å². The van der Waals surface area contributed by atoms with Crippen molar-refractivity contribution in [3.63, 3.8) is 0 Å². The summed E-state index contributed by atoms with van der Waals surface area (Å²) < 4.78 is 5.38. The number of rotatable bonds is 4. The van der Waals surface area contributed by atoms with E-state index in [1.54, 1.807) is 12.5 Å². The van der Waals surface area contributed by atoms with E-state index in [9.17, 15) is 0 Å². The third kappa shape index (κ3) is 3.90. The molecule has 1 aromatic heterocycles. The minimum Gasteiger partial charge on any atom is -0.445 e. The van der Waals surface area contributed by atoms with Gasteiger partial charge in [-0.25, -0.2) is 4.98 Å². The normalized spacial score (nSPS) is 27.4. The summed E-state index contributed by atoms with van der Waals surface area (Å²) in [7, 11) is 0. The summed E-state index contributed by atoms with van der Waals surface area (Å²) in [5, 5.41) is 0. The van der Waals surface area contributed by atoms with Gasteiger partial charge in [-0.15, -0.1) is 0 Å². The minimum absolute atomic E-state index is 0.434. The summed E-state index contributed by atoms with van der Waals surface area (Å²) in [6.45, 7) is 2.33. The predicted molar refractivity (Wildman–Crippen MR) is 101 cm³/mol. The molecule has 3 atom stereocenters. The quantitative estimate of drug-likeness (QED) is 0.893. The zero-order chi connectivity index (χ0) is 17.1. The number of nitrogens with two attached hydrogens (primary N) is 1. The second kappa shape index (κ2) is 7.61. The fourth-order valence-corrected chi connectivity index (χ4v) is 4.63. The van der Waals surface area contributed by atoms with Gasteiger partial charge >= 0.3 is 0 Å². The van der Waals surface area contributed by atoms with Crippen LogP contribution in [0.3, 0.4) is 0 Å². The number of oxazole rings is 1. The van der Waals surface area contributed by atoms with Crippen molar-refractivity contribution in [2.75, 3.05) is 18.0 Å². The van der Waals surface area contributed by atoms with Crippen molar-refractivity contribution in [2.45, 2.75) is 51.0 Å². The molecule has 2 aromatic rings. The van der Waals surface area contributed by atoms with Crippen LogP contribution >= 0.6 is 0 Å². The lowest BCUT2D eigenvalue weighted by atomic mass is 9.77. The lowest BCUT2D eigenvalue weighted by molar-refractivity contribution is 0.237. The second-order valence-corrected chi connectivity index (χ2v) is 7.78. The first-order chi connectivity index (χ1) is 12.3. The number of aromatic nitrogens is 1. The number of hydrogen-bond donors (Lipinski definition) is 1. The topological polar surface area (TPSA) is 55.3 Å². The summed E-state index contributed by atoms with van der Waals surface area (Å²) in [5.41, 5.74) is 8.73. The number of anilines is 1. The lowest BCUT2D eigenvalue weighted by Crippen LogP contribution is -2.39. The highest BCUT2D eigenvalue weighted by Crippen LogP contribution is 2.33. The van der Waals surface area contributed by atoms with Gasteiger partial charge in [0.15, 0.2) is 0 Å². The first-order valence-electron chi connectivity index (χ1n) is 9.80. The molecule has 134 valence electrons. The van der Waals surface area contributed by atoms with E-state index in [-0.39, 0.29) is 0 Å². The predicted octanol–water partition coefficient (Wildman–Crippen LogP) is 4.47. The third-order valence-electron chi connectivity index (χ3n) is 6.03. The zero-order valence-electron chi connectivity index (χ0n) is 14.9. The molecule has 2 aliphatic rings. The summed E-state index contributed by atoms with van der Waals surface area (Å²) in [4.78, 5) is 6.76. The van der Waals surface area contributed by atoms with Crippen molar-refractivity contribution in [3.05, 3.63) is 36.7 Å². The van der Waals surface area contributed by atoms with E-state index in [1.807, 2.05) is 0 Å². The summed E-state index contributed by atoms with van der Waals surface area (Å²) >= 11 is 0. The van der Waals surface area contributed by atoms with Gasteiger partial charge in [0, 0.05) is 30.4 Å². The average Bonchev–Trinajstić information content (AvgIpc) is 3.19. The van der Waals surface area contributed by atoms with E-state index in [0.717, 1.165) is 23.9 Å². The van der Waals surface area contributed by atoms with Crippen LogP contribution in [0.1, 0.15) is 44.9 Å². The SMILES string of the molecule is N[C@@H]1CCCC[C@H]1CC1CCCN(c2ccc(-c3ncco3)cc2)C1. The Morgan fingerprint density at radius 3 is 2.68 bits per heavy atom. The summed E-state index contributed by atoms with van der Waals surface area (Å²) in [5.74, 6) is 2.22. The molecule has 2 fully saturated rings. The van der Waals surface area contributed by atoms with Crippen LogP contribution in [0.15, 0.2) is 41.1 Å². The molecule has 1 unspecified atom stereocenters. The molecule has 0 amide bonds. The molecule has 1 saturated carbocycles. The van der Waals surface area contributed by atoms with Crippen LogP contribution in [0.5, 0.6) is 0 Å². The average molecular weight is 339 g/mol. The monoisotopic (exact) mass is 339 g/mol. The molecular weight excluding hydrogens is 310 g/mol. The van der Waals surface area contributed by atoms with E-state index in [1.165, 1.54) is 57.2 Å². The van der Waals surface area contributed by atoms with Crippen LogP contribution in [0.4, 0.5) is 5.69 Å². The van der Waals surface area contributed by atoms with Gasteiger partial charge in [-0.1, -0.05) is 12.8 Å². The lowest BCUT2D eigenvalue weighted by Gasteiger charge is -2.38. The molecule has 4 heteroatoms. The second-order valence-electron chi connectivity index (χ2n) is 7.78. The zero-order valence-corrected chi connectivity index (χ0v) is 14.9. The number of hydrogen-bond acceptors (Lipinski definition) is 4. The Morgan fingerprint density at radius 1 is 1.08 bits per heavy atom. The molecule has 25 heavy (non-hydrogen) atoms. The molecule has 4 nitrogen and oxygen atoms in total. The van der Waals surface area contributed by atoms with E-state index in [4.69, 9.17) is 10.2 Å². The first kappa shape index (κ1) is 16.6. The van der Waals surface area contributed by atoms with Crippen LogP contribution in [0.2, 0.25) is 0 Å². The Balaban J connectivity index is 1.39. The Kier molecular flexibility index (Phi) is 5.07. The van der Waals surface area contributed by atoms with Crippen molar-refractivity contribution in [2.24, 2.45) is 17.6 Å². The van der Waals surface area contributed by atoms with Crippen molar-refractivity contribution in [1.82, 2.24) is 4.98 Å². The fourth-order valence-electron chi connectivity index (χ4n) is 4.63. The highest BCUT2D eigenvalue weighted by molar-refractivity contribution is 5.59. The van der Waals surface area contributed by atoms with Gasteiger partial charge in [0.05, 0.1) is 6.20 Å². The van der Waals surface area contributed by atoms with E-state index >= 15 is 0 Å². The fraction of sp³-hybridized carbons (Fsp3) is 0.571. The van der Waals surface area contributed by atoms with Gasteiger partial charge in [0.1, 0.15) is 6.26 Å². The Morgan fingerprint density at radius 2 is 1.92 bits per heavy atom. The van der Waals surface area contributed by atoms with Crippen molar-refractivity contribution in [1.29, 1.82) is 0 Å². The van der Waals surface area contributed by atoms with E-state index in [0.29, 0.717) is 11.9 Å². The third-order valence-corrected chi connectivity index (χ3v) is 6.03. The van der Waals surface area contributed by atoms with Gasteiger partial charge in [0.2, 0.25) is 5.89 Å². The van der Waals surface area contributed by atoms with Crippen LogP contribution in [-0.4, -0.2) is 24.1 Å². The molecule has 1 aliphatic carbocycles. The molecule has 2 N–H and O–H groups in total. The molecule has 1 aromatic carbocycles. The van der Waals surface area contributed by atoms with Crippen molar-refractivity contribution >= 4 is 5.69 Å². The van der Waals surface area contributed by atoms with E-state index in [2.05, 4.69) is 34.1 Å². The maximum atomic E-state index is 6.38. The van der Waals surface area contributed by atoms with Crippen molar-refractivity contribution < 1.29 is 4.42 Å². The molecule has 4 rings (SSSR count). The smallest absolute Gasteiger partial charge is 0.225 e. The summed E-state index contributed by atoms with van der Waals surface area (Å²) in [6.07, 6.45) is 12.5. The molecule has 0 spiro atoms. The molecule has 1 aliphatic heterocycles. The molecule has 0 radical (unpaired) electrons. The van der Waals surface area contributed by atoms with Gasteiger partial charge in [0.25, 0.3) is 0 Å². The largest absolute Gasteiger partial charge is 0.445 e. The highest BCUT2D eigenvalue weighted by atomic mass is 16.3. The maximum absolute atomic E-state index is 6.38. The Hall–Kier alpha value is -1.81. The number of nitrogens with zero attached hydrogens (tertiary/aromatic N) is 2.